The number of guanidine groups is 1. The number of rotatable bonds is 4. The van der Waals surface area contributed by atoms with E-state index in [1.54, 1.807) is 0 Å². The molecule has 12 heteroatoms. The van der Waals surface area contributed by atoms with E-state index in [9.17, 15) is 20.1 Å². The maximum atomic E-state index is 13.9. The number of fused-ring (bicyclic) bond motifs is 5. The summed E-state index contributed by atoms with van der Waals surface area (Å²) in [4.78, 5) is 18.2. The molecule has 2 aromatic rings. The molecule has 2 aliphatic carbocycles. The van der Waals surface area contributed by atoms with Gasteiger partial charge in [-0.15, -0.1) is 0 Å². The summed E-state index contributed by atoms with van der Waals surface area (Å²) in [5.74, 6) is 1.60. The van der Waals surface area contributed by atoms with Gasteiger partial charge in [0.2, 0.25) is 0 Å². The third-order valence-electron chi connectivity index (χ3n) is 8.79. The van der Waals surface area contributed by atoms with Gasteiger partial charge in [0.15, 0.2) is 11.4 Å². The first-order valence-electron chi connectivity index (χ1n) is 14.0. The van der Waals surface area contributed by atoms with Crippen LogP contribution in [0.5, 0.6) is 11.5 Å². The molecule has 218 valence electrons. The molecule has 2 bridgehead atoms. The minimum Gasteiger partial charge on any atom is -0.489 e. The van der Waals surface area contributed by atoms with E-state index in [-0.39, 0.29) is 35.6 Å². The second-order valence-electron chi connectivity index (χ2n) is 11.8. The van der Waals surface area contributed by atoms with Gasteiger partial charge in [-0.2, -0.15) is 0 Å². The lowest BCUT2D eigenvalue weighted by atomic mass is 9.74. The molecule has 40 heavy (non-hydrogen) atoms. The van der Waals surface area contributed by atoms with E-state index in [2.05, 4.69) is 4.99 Å². The van der Waals surface area contributed by atoms with Crippen molar-refractivity contribution < 1.29 is 29.2 Å². The van der Waals surface area contributed by atoms with Crippen molar-refractivity contribution in [3.63, 3.8) is 0 Å². The lowest BCUT2D eigenvalue weighted by molar-refractivity contribution is -0.0727. The largest absolute Gasteiger partial charge is 0.489 e. The molecule has 2 aliphatic heterocycles. The van der Waals surface area contributed by atoms with Crippen LogP contribution >= 0.6 is 21.6 Å². The summed E-state index contributed by atoms with van der Waals surface area (Å²) in [5, 5.41) is 33.2. The number of benzene rings is 1. The molecule has 0 amide bonds. The molecule has 0 spiro atoms. The summed E-state index contributed by atoms with van der Waals surface area (Å²) in [5.41, 5.74) is 10.7. The van der Waals surface area contributed by atoms with Gasteiger partial charge in [-0.05, 0) is 51.9 Å². The van der Waals surface area contributed by atoms with E-state index in [0.29, 0.717) is 46.0 Å². The molecule has 6 rings (SSSR count). The Hall–Kier alpha value is -2.12. The van der Waals surface area contributed by atoms with Crippen molar-refractivity contribution in [2.45, 2.75) is 99.4 Å². The van der Waals surface area contributed by atoms with Gasteiger partial charge >= 0.3 is 0 Å². The van der Waals surface area contributed by atoms with Crippen molar-refractivity contribution in [3.05, 3.63) is 33.2 Å². The standard InChI is InChI=1S/C28H37N3O7S2/c1-27(35)8-4-7-15-20-22(38-25(15)27)16-11-39-40-13-28(12-32,31-26(29)30)10-18(34)19-9-17(33)21(23(16)37-19)24(20)36-14-5-2-3-6-14/h9,14-15,18,25,32,34-35H,2-8,10-13H2,1H3,(H4,29,30,31). The van der Waals surface area contributed by atoms with Crippen molar-refractivity contribution in [2.75, 3.05) is 12.4 Å². The zero-order valence-electron chi connectivity index (χ0n) is 22.6. The Kier molecular flexibility index (Phi) is 7.44. The van der Waals surface area contributed by atoms with Crippen LogP contribution in [-0.4, -0.2) is 57.0 Å². The minimum absolute atomic E-state index is 0.0114. The second kappa shape index (κ2) is 10.6. The maximum Gasteiger partial charge on any atom is 0.196 e. The fourth-order valence-corrected chi connectivity index (χ4v) is 9.36. The SMILES string of the molecule is CC1(O)CCCC2c3c(c4c5oc(cc(=O)c5c3OC3CCCC3)C(O)CC(CO)(N=C(N)N)CSSC4)OC21. The van der Waals surface area contributed by atoms with Crippen molar-refractivity contribution in [3.8, 4) is 11.5 Å². The van der Waals surface area contributed by atoms with Gasteiger partial charge in [-0.25, -0.2) is 4.99 Å². The maximum absolute atomic E-state index is 13.9. The first kappa shape index (κ1) is 28.0. The lowest BCUT2D eigenvalue weighted by Crippen LogP contribution is -2.47. The van der Waals surface area contributed by atoms with E-state index < -0.39 is 30.0 Å². The van der Waals surface area contributed by atoms with E-state index in [1.165, 1.54) is 27.7 Å². The van der Waals surface area contributed by atoms with Gasteiger partial charge in [-0.3, -0.25) is 4.79 Å². The highest BCUT2D eigenvalue weighted by Gasteiger charge is 2.51. The Balaban J connectivity index is 1.56. The second-order valence-corrected chi connectivity index (χ2v) is 14.3. The van der Waals surface area contributed by atoms with Crippen LogP contribution in [0.15, 0.2) is 20.3 Å². The van der Waals surface area contributed by atoms with Gasteiger partial charge in [0.25, 0.3) is 0 Å². The highest BCUT2D eigenvalue weighted by molar-refractivity contribution is 8.76. The molecule has 3 heterocycles. The summed E-state index contributed by atoms with van der Waals surface area (Å²) in [6, 6.07) is 1.31. The molecule has 2 fully saturated rings. The summed E-state index contributed by atoms with van der Waals surface area (Å²) >= 11 is 0. The van der Waals surface area contributed by atoms with E-state index in [0.717, 1.165) is 44.1 Å². The monoisotopic (exact) mass is 591 g/mol. The summed E-state index contributed by atoms with van der Waals surface area (Å²) in [7, 11) is 2.96. The Morgan fingerprint density at radius 3 is 2.73 bits per heavy atom. The quantitative estimate of drug-likeness (QED) is 0.201. The Bertz CT molecular complexity index is 1390. The third kappa shape index (κ3) is 4.85. The zero-order chi connectivity index (χ0) is 28.2. The molecule has 0 radical (unpaired) electrons. The Labute approximate surface area is 240 Å². The van der Waals surface area contributed by atoms with Crippen LogP contribution in [0, 0.1) is 0 Å². The number of nitrogens with two attached hydrogens (primary N) is 2. The smallest absolute Gasteiger partial charge is 0.196 e. The highest BCUT2D eigenvalue weighted by atomic mass is 33.1. The topological polar surface area (TPSA) is 174 Å². The summed E-state index contributed by atoms with van der Waals surface area (Å²) < 4.78 is 19.6. The van der Waals surface area contributed by atoms with Gasteiger partial charge in [-0.1, -0.05) is 21.6 Å². The molecule has 10 nitrogen and oxygen atoms in total. The number of ether oxygens (including phenoxy) is 2. The summed E-state index contributed by atoms with van der Waals surface area (Å²) in [6.07, 6.45) is 4.48. The van der Waals surface area contributed by atoms with Gasteiger partial charge in [0.05, 0.1) is 18.3 Å². The zero-order valence-corrected chi connectivity index (χ0v) is 24.2. The average molecular weight is 592 g/mol. The Morgan fingerprint density at radius 1 is 1.23 bits per heavy atom. The first-order valence-corrected chi connectivity index (χ1v) is 16.5. The molecule has 1 aromatic carbocycles. The van der Waals surface area contributed by atoms with Crippen LogP contribution in [0.25, 0.3) is 11.0 Å². The fraction of sp³-hybridized carbons (Fsp3) is 0.643. The van der Waals surface area contributed by atoms with Crippen LogP contribution in [0.4, 0.5) is 0 Å². The van der Waals surface area contributed by atoms with Crippen LogP contribution < -0.4 is 26.4 Å². The molecule has 0 saturated heterocycles. The fourth-order valence-electron chi connectivity index (χ4n) is 6.81. The predicted molar refractivity (Wildman–Crippen MR) is 156 cm³/mol. The number of hydrogen-bond acceptors (Lipinski definition) is 10. The van der Waals surface area contributed by atoms with Crippen LogP contribution in [0.1, 0.15) is 87.2 Å². The Morgan fingerprint density at radius 2 is 2.00 bits per heavy atom. The van der Waals surface area contributed by atoms with Gasteiger partial charge in [0, 0.05) is 41.0 Å². The van der Waals surface area contributed by atoms with E-state index >= 15 is 0 Å². The van der Waals surface area contributed by atoms with Crippen LogP contribution in [-0.2, 0) is 5.75 Å². The first-order chi connectivity index (χ1) is 19.1. The summed E-state index contributed by atoms with van der Waals surface area (Å²) in [6.45, 7) is 1.42. The van der Waals surface area contributed by atoms with Crippen molar-refractivity contribution >= 4 is 38.5 Å². The number of aliphatic imine (C=N–C) groups is 1. The van der Waals surface area contributed by atoms with Gasteiger partial charge in [0.1, 0.15) is 46.0 Å². The van der Waals surface area contributed by atoms with E-state index in [1.807, 2.05) is 6.92 Å². The molecule has 5 atom stereocenters. The molecule has 2 saturated carbocycles. The predicted octanol–water partition coefficient (Wildman–Crippen LogP) is 3.22. The van der Waals surface area contributed by atoms with Crippen molar-refractivity contribution in [1.82, 2.24) is 0 Å². The van der Waals surface area contributed by atoms with Crippen LogP contribution in [0.2, 0.25) is 0 Å². The van der Waals surface area contributed by atoms with Gasteiger partial charge < -0.3 is 40.7 Å². The number of nitrogens with zero attached hydrogens (tertiary/aromatic N) is 1. The molecule has 4 aliphatic rings. The van der Waals surface area contributed by atoms with Crippen molar-refractivity contribution in [2.24, 2.45) is 16.5 Å². The van der Waals surface area contributed by atoms with Crippen molar-refractivity contribution in [1.29, 1.82) is 0 Å². The number of hydrogen-bond donors (Lipinski definition) is 5. The normalized spacial score (nSPS) is 32.2. The molecular formula is C28H37N3O7S2. The molecule has 1 aromatic heterocycles. The lowest BCUT2D eigenvalue weighted by Gasteiger charge is -2.37. The number of aliphatic hydroxyl groups is 3. The molecule has 5 unspecified atom stereocenters. The molecular weight excluding hydrogens is 554 g/mol. The van der Waals surface area contributed by atoms with Crippen LogP contribution in [0.3, 0.4) is 0 Å². The number of aliphatic hydroxyl groups excluding tert-OH is 2. The minimum atomic E-state index is -1.25. The van der Waals surface area contributed by atoms with E-state index in [4.69, 9.17) is 25.4 Å². The molecule has 7 N–H and O–H groups in total. The average Bonchev–Trinajstić information content (AvgIpc) is 3.55. The third-order valence-corrected chi connectivity index (χ3v) is 11.2. The highest BCUT2D eigenvalue weighted by Crippen LogP contribution is 2.57.